The van der Waals surface area contributed by atoms with Gasteiger partial charge in [0.05, 0.1) is 15.8 Å². The van der Waals surface area contributed by atoms with Crippen LogP contribution >= 0.6 is 11.8 Å². The van der Waals surface area contributed by atoms with E-state index >= 15 is 0 Å². The summed E-state index contributed by atoms with van der Waals surface area (Å²) in [4.78, 5) is 15.3. The zero-order valence-electron chi connectivity index (χ0n) is 15.7. The van der Waals surface area contributed by atoms with Crippen molar-refractivity contribution in [2.45, 2.75) is 28.5 Å². The van der Waals surface area contributed by atoms with Gasteiger partial charge < -0.3 is 5.32 Å². The molecule has 0 aromatic heterocycles. The number of carbonyl (C=O) groups is 1. The monoisotopic (exact) mass is 417 g/mol. The second-order valence-corrected chi connectivity index (χ2v) is 10.4. The van der Waals surface area contributed by atoms with Gasteiger partial charge in [0.2, 0.25) is 15.9 Å². The molecule has 2 aliphatic rings. The van der Waals surface area contributed by atoms with E-state index in [4.69, 9.17) is 0 Å². The van der Waals surface area contributed by atoms with Crippen LogP contribution in [0.5, 0.6) is 0 Å². The normalized spacial score (nSPS) is 21.2. The largest absolute Gasteiger partial charge is 0.324 e. The van der Waals surface area contributed by atoms with Crippen molar-refractivity contribution in [3.8, 4) is 0 Å². The first kappa shape index (κ1) is 19.4. The van der Waals surface area contributed by atoms with Crippen LogP contribution in [-0.2, 0) is 21.4 Å². The maximum absolute atomic E-state index is 13.1. The van der Waals surface area contributed by atoms with E-state index in [9.17, 15) is 13.2 Å². The van der Waals surface area contributed by atoms with Crippen LogP contribution in [0.1, 0.15) is 12.5 Å². The molecule has 2 aliphatic heterocycles. The van der Waals surface area contributed by atoms with Crippen molar-refractivity contribution in [3.05, 3.63) is 54.1 Å². The molecule has 8 heteroatoms. The van der Waals surface area contributed by atoms with Crippen LogP contribution in [-0.4, -0.2) is 55.0 Å². The quantitative estimate of drug-likeness (QED) is 0.828. The number of nitrogens with zero attached hydrogens (tertiary/aromatic N) is 2. The van der Waals surface area contributed by atoms with Gasteiger partial charge in [-0.05, 0) is 30.7 Å². The second kappa shape index (κ2) is 7.87. The van der Waals surface area contributed by atoms with Crippen LogP contribution in [0, 0.1) is 0 Å². The second-order valence-electron chi connectivity index (χ2n) is 7.07. The number of anilines is 1. The Kier molecular flexibility index (Phi) is 5.46. The Labute approximate surface area is 170 Å². The number of nitrogens with one attached hydrogen (secondary N) is 1. The minimum Gasteiger partial charge on any atom is -0.324 e. The van der Waals surface area contributed by atoms with Crippen molar-refractivity contribution in [3.63, 3.8) is 0 Å². The topological polar surface area (TPSA) is 69.7 Å². The van der Waals surface area contributed by atoms with E-state index in [0.29, 0.717) is 31.9 Å². The van der Waals surface area contributed by atoms with Gasteiger partial charge >= 0.3 is 0 Å². The fraction of sp³-hybridized carbons (Fsp3) is 0.350. The predicted molar refractivity (Wildman–Crippen MR) is 111 cm³/mol. The molecule has 4 rings (SSSR count). The Morgan fingerprint density at radius 3 is 2.50 bits per heavy atom. The predicted octanol–water partition coefficient (Wildman–Crippen LogP) is 2.63. The highest BCUT2D eigenvalue weighted by Crippen LogP contribution is 2.37. The van der Waals surface area contributed by atoms with E-state index in [-0.39, 0.29) is 16.1 Å². The summed E-state index contributed by atoms with van der Waals surface area (Å²) in [5, 5.41) is 2.63. The zero-order chi connectivity index (χ0) is 19.7. The van der Waals surface area contributed by atoms with Gasteiger partial charge in [0, 0.05) is 37.6 Å². The Bertz CT molecular complexity index is 971. The Morgan fingerprint density at radius 1 is 1.07 bits per heavy atom. The molecule has 28 heavy (non-hydrogen) atoms. The van der Waals surface area contributed by atoms with Crippen molar-refractivity contribution in [1.29, 1.82) is 0 Å². The van der Waals surface area contributed by atoms with Crippen molar-refractivity contribution >= 4 is 33.4 Å². The minimum atomic E-state index is -3.58. The van der Waals surface area contributed by atoms with Crippen LogP contribution in [0.2, 0.25) is 0 Å². The molecule has 1 fully saturated rings. The number of hydrogen-bond donors (Lipinski definition) is 1. The van der Waals surface area contributed by atoms with Crippen molar-refractivity contribution in [2.24, 2.45) is 0 Å². The standard InChI is InChI=1S/C20H23N3O3S2/c1-15-20(24)21-18-13-17(7-8-19(18)27-15)28(25,26)23-11-9-22(10-12-23)14-16-5-3-2-4-6-16/h2-8,13,15H,9-12,14H2,1H3,(H,21,24)/t15-/m1/s1. The molecule has 2 aromatic carbocycles. The molecular formula is C20H23N3O3S2. The molecular weight excluding hydrogens is 394 g/mol. The van der Waals surface area contributed by atoms with Gasteiger partial charge in [-0.3, -0.25) is 9.69 Å². The van der Waals surface area contributed by atoms with Gasteiger partial charge in [0.15, 0.2) is 0 Å². The summed E-state index contributed by atoms with van der Waals surface area (Å²) in [6.45, 7) is 4.98. The highest BCUT2D eigenvalue weighted by molar-refractivity contribution is 8.01. The number of benzene rings is 2. The van der Waals surface area contributed by atoms with Crippen molar-refractivity contribution < 1.29 is 13.2 Å². The molecule has 0 spiro atoms. The molecule has 0 unspecified atom stereocenters. The molecule has 1 amide bonds. The smallest absolute Gasteiger partial charge is 0.243 e. The first-order valence-electron chi connectivity index (χ1n) is 9.31. The molecule has 1 saturated heterocycles. The van der Waals surface area contributed by atoms with Gasteiger partial charge in [0.1, 0.15) is 0 Å². The van der Waals surface area contributed by atoms with E-state index in [1.54, 1.807) is 18.2 Å². The highest BCUT2D eigenvalue weighted by Gasteiger charge is 2.30. The first-order chi connectivity index (χ1) is 13.4. The number of hydrogen-bond acceptors (Lipinski definition) is 5. The van der Waals surface area contributed by atoms with E-state index in [0.717, 1.165) is 11.4 Å². The molecule has 0 saturated carbocycles. The number of thioether (sulfide) groups is 1. The Morgan fingerprint density at radius 2 is 1.79 bits per heavy atom. The lowest BCUT2D eigenvalue weighted by Crippen LogP contribution is -2.48. The number of amides is 1. The number of sulfonamides is 1. The first-order valence-corrected chi connectivity index (χ1v) is 11.6. The summed E-state index contributed by atoms with van der Waals surface area (Å²) in [5.74, 6) is -0.0958. The number of rotatable bonds is 4. The summed E-state index contributed by atoms with van der Waals surface area (Å²) < 4.78 is 27.7. The SMILES string of the molecule is C[C@H]1Sc2ccc(S(=O)(=O)N3CCN(Cc4ccccc4)CC3)cc2NC1=O. The van der Waals surface area contributed by atoms with E-state index in [1.807, 2.05) is 25.1 Å². The van der Waals surface area contributed by atoms with Gasteiger partial charge in [-0.1, -0.05) is 30.3 Å². The lowest BCUT2D eigenvalue weighted by Gasteiger charge is -2.34. The van der Waals surface area contributed by atoms with Crippen molar-refractivity contribution in [1.82, 2.24) is 9.21 Å². The van der Waals surface area contributed by atoms with Crippen LogP contribution in [0.3, 0.4) is 0 Å². The molecule has 1 atom stereocenters. The highest BCUT2D eigenvalue weighted by atomic mass is 32.2. The maximum Gasteiger partial charge on any atom is 0.243 e. The summed E-state index contributed by atoms with van der Waals surface area (Å²) in [7, 11) is -3.58. The molecule has 0 aliphatic carbocycles. The summed E-state index contributed by atoms with van der Waals surface area (Å²) in [5.41, 5.74) is 1.81. The van der Waals surface area contributed by atoms with Gasteiger partial charge in [-0.25, -0.2) is 8.42 Å². The van der Waals surface area contributed by atoms with E-state index in [1.165, 1.54) is 21.6 Å². The number of carbonyl (C=O) groups excluding carboxylic acids is 1. The molecule has 6 nitrogen and oxygen atoms in total. The fourth-order valence-electron chi connectivity index (χ4n) is 3.47. The van der Waals surface area contributed by atoms with Crippen LogP contribution in [0.25, 0.3) is 0 Å². The molecule has 0 bridgehead atoms. The maximum atomic E-state index is 13.1. The van der Waals surface area contributed by atoms with Gasteiger partial charge in [-0.15, -0.1) is 11.8 Å². The average Bonchev–Trinajstić information content (AvgIpc) is 2.70. The Hall–Kier alpha value is -1.87. The fourth-order valence-corrected chi connectivity index (χ4v) is 5.85. The van der Waals surface area contributed by atoms with Gasteiger partial charge in [-0.2, -0.15) is 4.31 Å². The third-order valence-electron chi connectivity index (χ3n) is 5.10. The summed E-state index contributed by atoms with van der Waals surface area (Å²) in [6, 6.07) is 15.2. The summed E-state index contributed by atoms with van der Waals surface area (Å²) >= 11 is 1.45. The van der Waals surface area contributed by atoms with Crippen molar-refractivity contribution in [2.75, 3.05) is 31.5 Å². The molecule has 2 aromatic rings. The number of fused-ring (bicyclic) bond motifs is 1. The molecule has 0 radical (unpaired) electrons. The summed E-state index contributed by atoms with van der Waals surface area (Å²) in [6.07, 6.45) is 0. The van der Waals surface area contributed by atoms with Crippen LogP contribution in [0.4, 0.5) is 5.69 Å². The van der Waals surface area contributed by atoms with E-state index < -0.39 is 10.0 Å². The van der Waals surface area contributed by atoms with E-state index in [2.05, 4.69) is 22.3 Å². The molecule has 148 valence electrons. The molecule has 1 N–H and O–H groups in total. The van der Waals surface area contributed by atoms with Gasteiger partial charge in [0.25, 0.3) is 0 Å². The lowest BCUT2D eigenvalue weighted by molar-refractivity contribution is -0.115. The minimum absolute atomic E-state index is 0.0958. The average molecular weight is 418 g/mol. The third-order valence-corrected chi connectivity index (χ3v) is 8.17. The van der Waals surface area contributed by atoms with Crippen LogP contribution < -0.4 is 5.32 Å². The third kappa shape index (κ3) is 3.96. The lowest BCUT2D eigenvalue weighted by atomic mass is 10.2. The Balaban J connectivity index is 1.45. The molecule has 2 heterocycles. The zero-order valence-corrected chi connectivity index (χ0v) is 17.3. The number of piperazine rings is 1. The van der Waals surface area contributed by atoms with Crippen LogP contribution in [0.15, 0.2) is 58.3 Å².